The molecule has 0 rings (SSSR count). The molecule has 1 atom stereocenters. The van der Waals surface area contributed by atoms with Crippen LogP contribution >= 0.6 is 0 Å². The molecular formula is C9H16O4. The van der Waals surface area contributed by atoms with Gasteiger partial charge in [0.1, 0.15) is 0 Å². The van der Waals surface area contributed by atoms with Gasteiger partial charge in [-0.2, -0.15) is 0 Å². The van der Waals surface area contributed by atoms with E-state index >= 15 is 0 Å². The second-order valence-electron chi connectivity index (χ2n) is 2.69. The summed E-state index contributed by atoms with van der Waals surface area (Å²) >= 11 is 0. The van der Waals surface area contributed by atoms with Crippen LogP contribution in [0.4, 0.5) is 0 Å². The van der Waals surface area contributed by atoms with Crippen molar-refractivity contribution in [3.63, 3.8) is 0 Å². The summed E-state index contributed by atoms with van der Waals surface area (Å²) < 4.78 is 4.38. The summed E-state index contributed by atoms with van der Waals surface area (Å²) in [5.74, 6) is -0.372. The molecule has 0 saturated carbocycles. The van der Waals surface area contributed by atoms with Crippen LogP contribution in [0.2, 0.25) is 0 Å². The van der Waals surface area contributed by atoms with E-state index in [9.17, 15) is 4.79 Å². The van der Waals surface area contributed by atoms with Crippen LogP contribution < -0.4 is 0 Å². The molecule has 2 N–H and O–H groups in total. The van der Waals surface area contributed by atoms with E-state index in [2.05, 4.69) is 4.74 Å². The van der Waals surface area contributed by atoms with Crippen molar-refractivity contribution in [3.8, 4) is 0 Å². The lowest BCUT2D eigenvalue weighted by Gasteiger charge is -2.03. The lowest BCUT2D eigenvalue weighted by atomic mass is 10.1. The van der Waals surface area contributed by atoms with Crippen LogP contribution in [0, 0.1) is 0 Å². The number of ether oxygens (including phenoxy) is 1. The Morgan fingerprint density at radius 1 is 1.62 bits per heavy atom. The molecule has 0 bridgehead atoms. The normalized spacial score (nSPS) is 13.2. The quantitative estimate of drug-likeness (QED) is 0.356. The maximum Gasteiger partial charge on any atom is 0.330 e. The van der Waals surface area contributed by atoms with Gasteiger partial charge in [0.2, 0.25) is 0 Å². The molecule has 0 aromatic rings. The molecule has 0 aromatic heterocycles. The number of hydrogen-bond donors (Lipinski definition) is 2. The molecule has 0 aromatic carbocycles. The number of carbonyl (C=O) groups is 1. The average molecular weight is 188 g/mol. The number of hydrogen-bond acceptors (Lipinski definition) is 4. The third kappa shape index (κ3) is 7.49. The molecule has 13 heavy (non-hydrogen) atoms. The summed E-state index contributed by atoms with van der Waals surface area (Å²) in [6.07, 6.45) is 4.39. The summed E-state index contributed by atoms with van der Waals surface area (Å²) in [5.41, 5.74) is 0. The van der Waals surface area contributed by atoms with Crippen molar-refractivity contribution in [2.24, 2.45) is 0 Å². The zero-order chi connectivity index (χ0) is 10.1. The van der Waals surface area contributed by atoms with E-state index in [-0.39, 0.29) is 12.6 Å². The first kappa shape index (κ1) is 12.1. The van der Waals surface area contributed by atoms with E-state index in [1.54, 1.807) is 6.08 Å². The molecule has 4 nitrogen and oxygen atoms in total. The predicted octanol–water partition coefficient (Wildman–Crippen LogP) is 0.239. The Hall–Kier alpha value is -0.870. The van der Waals surface area contributed by atoms with Crippen LogP contribution in [0.15, 0.2) is 12.2 Å². The maximum atomic E-state index is 10.6. The lowest BCUT2D eigenvalue weighted by molar-refractivity contribution is -0.134. The fraction of sp³-hybridized carbons (Fsp3) is 0.667. The van der Waals surface area contributed by atoms with Crippen LogP contribution in [-0.2, 0) is 9.53 Å². The second-order valence-corrected chi connectivity index (χ2v) is 2.69. The molecule has 0 aliphatic carbocycles. The highest BCUT2D eigenvalue weighted by Gasteiger charge is 1.99. The van der Waals surface area contributed by atoms with Gasteiger partial charge in [-0.25, -0.2) is 4.79 Å². The highest BCUT2D eigenvalue weighted by atomic mass is 16.5. The molecule has 0 radical (unpaired) electrons. The smallest absolute Gasteiger partial charge is 0.330 e. The first-order valence-electron chi connectivity index (χ1n) is 4.24. The minimum atomic E-state index is -0.647. The topological polar surface area (TPSA) is 66.8 Å². The Labute approximate surface area is 77.8 Å². The average Bonchev–Trinajstić information content (AvgIpc) is 2.16. The van der Waals surface area contributed by atoms with Crippen LogP contribution in [0.25, 0.3) is 0 Å². The Morgan fingerprint density at radius 2 is 2.31 bits per heavy atom. The fourth-order valence-corrected chi connectivity index (χ4v) is 0.810. The monoisotopic (exact) mass is 188 g/mol. The third-order valence-electron chi connectivity index (χ3n) is 1.57. The zero-order valence-electron chi connectivity index (χ0n) is 7.77. The summed E-state index contributed by atoms with van der Waals surface area (Å²) in [6.45, 7) is -0.208. The number of allylic oxidation sites excluding steroid dienone is 1. The van der Waals surface area contributed by atoms with E-state index in [1.807, 2.05) is 0 Å². The number of aliphatic hydroxyl groups excluding tert-OH is 2. The van der Waals surface area contributed by atoms with Gasteiger partial charge < -0.3 is 14.9 Å². The molecule has 76 valence electrons. The first-order chi connectivity index (χ1) is 6.20. The van der Waals surface area contributed by atoms with E-state index in [4.69, 9.17) is 10.2 Å². The fourth-order valence-electron chi connectivity index (χ4n) is 0.810. The largest absolute Gasteiger partial charge is 0.466 e. The van der Waals surface area contributed by atoms with Gasteiger partial charge in [-0.1, -0.05) is 6.08 Å². The number of esters is 1. The van der Waals surface area contributed by atoms with Gasteiger partial charge in [-0.3, -0.25) is 0 Å². The van der Waals surface area contributed by atoms with Crippen molar-refractivity contribution in [1.82, 2.24) is 0 Å². The number of methoxy groups -OCH3 is 1. The Kier molecular flexibility index (Phi) is 7.24. The zero-order valence-corrected chi connectivity index (χ0v) is 7.77. The van der Waals surface area contributed by atoms with E-state index in [0.717, 1.165) is 6.42 Å². The van der Waals surface area contributed by atoms with Gasteiger partial charge in [0.25, 0.3) is 0 Å². The molecule has 0 unspecified atom stereocenters. The SMILES string of the molecule is COC(=O)/C=C/CCC[C@@H](O)CO. The minimum absolute atomic E-state index is 0.208. The maximum absolute atomic E-state index is 10.6. The van der Waals surface area contributed by atoms with Crippen LogP contribution in [-0.4, -0.2) is 36.0 Å². The number of unbranched alkanes of at least 4 members (excludes halogenated alkanes) is 1. The molecule has 4 heteroatoms. The summed E-state index contributed by atoms with van der Waals surface area (Å²) in [7, 11) is 1.32. The molecule has 0 spiro atoms. The third-order valence-corrected chi connectivity index (χ3v) is 1.57. The highest BCUT2D eigenvalue weighted by molar-refractivity contribution is 5.81. The van der Waals surface area contributed by atoms with Crippen molar-refractivity contribution in [2.45, 2.75) is 25.4 Å². The summed E-state index contributed by atoms with van der Waals surface area (Å²) in [6, 6.07) is 0. The van der Waals surface area contributed by atoms with Crippen LogP contribution in [0.5, 0.6) is 0 Å². The summed E-state index contributed by atoms with van der Waals surface area (Å²) in [4.78, 5) is 10.6. The second kappa shape index (κ2) is 7.76. The van der Waals surface area contributed by atoms with Gasteiger partial charge >= 0.3 is 5.97 Å². The van der Waals surface area contributed by atoms with Gasteiger partial charge in [-0.15, -0.1) is 0 Å². The van der Waals surface area contributed by atoms with Crippen molar-refractivity contribution >= 4 is 5.97 Å². The van der Waals surface area contributed by atoms with Gasteiger partial charge in [0.15, 0.2) is 0 Å². The molecule has 0 saturated heterocycles. The lowest BCUT2D eigenvalue weighted by Crippen LogP contribution is -2.10. The minimum Gasteiger partial charge on any atom is -0.466 e. The molecular weight excluding hydrogens is 172 g/mol. The molecule has 0 heterocycles. The number of carbonyl (C=O) groups excluding carboxylic acids is 1. The standard InChI is InChI=1S/C9H16O4/c1-13-9(12)6-4-2-3-5-8(11)7-10/h4,6,8,10-11H,2-3,5,7H2,1H3/b6-4+/t8-/m1/s1. The first-order valence-corrected chi connectivity index (χ1v) is 4.24. The van der Waals surface area contributed by atoms with Gasteiger partial charge in [0.05, 0.1) is 19.8 Å². The highest BCUT2D eigenvalue weighted by Crippen LogP contribution is 2.00. The molecule has 0 aliphatic rings. The van der Waals surface area contributed by atoms with Gasteiger partial charge in [0, 0.05) is 6.08 Å². The van der Waals surface area contributed by atoms with E-state index in [1.165, 1.54) is 13.2 Å². The van der Waals surface area contributed by atoms with Crippen molar-refractivity contribution < 1.29 is 19.7 Å². The number of rotatable bonds is 6. The van der Waals surface area contributed by atoms with Gasteiger partial charge in [-0.05, 0) is 19.3 Å². The molecule has 0 fully saturated rings. The Morgan fingerprint density at radius 3 is 2.85 bits per heavy atom. The van der Waals surface area contributed by atoms with Crippen LogP contribution in [0.1, 0.15) is 19.3 Å². The Bertz CT molecular complexity index is 165. The number of aliphatic hydroxyl groups is 2. The van der Waals surface area contributed by atoms with E-state index in [0.29, 0.717) is 12.8 Å². The van der Waals surface area contributed by atoms with Crippen molar-refractivity contribution in [1.29, 1.82) is 0 Å². The molecule has 0 amide bonds. The van der Waals surface area contributed by atoms with E-state index < -0.39 is 6.10 Å². The van der Waals surface area contributed by atoms with Crippen molar-refractivity contribution in [3.05, 3.63) is 12.2 Å². The van der Waals surface area contributed by atoms with Crippen molar-refractivity contribution in [2.75, 3.05) is 13.7 Å². The summed E-state index contributed by atoms with van der Waals surface area (Å²) in [5, 5.41) is 17.4. The predicted molar refractivity (Wildman–Crippen MR) is 48.1 cm³/mol. The molecule has 0 aliphatic heterocycles. The van der Waals surface area contributed by atoms with Crippen LogP contribution in [0.3, 0.4) is 0 Å². The Balaban J connectivity index is 3.35.